The fourth-order valence-corrected chi connectivity index (χ4v) is 3.25. The van der Waals surface area contributed by atoms with Crippen LogP contribution in [-0.2, 0) is 0 Å². The fourth-order valence-electron chi connectivity index (χ4n) is 3.25. The lowest BCUT2D eigenvalue weighted by Gasteiger charge is -2.46. The SMILES string of the molecule is CN(C)C1(CN=C(N)N2CCN(c3ncccn3)CC2)CCC1. The smallest absolute Gasteiger partial charge is 0.225 e. The summed E-state index contributed by atoms with van der Waals surface area (Å²) in [4.78, 5) is 20.0. The quantitative estimate of drug-likeness (QED) is 0.640. The second-order valence-electron chi connectivity index (χ2n) is 6.67. The maximum absolute atomic E-state index is 6.23. The Balaban J connectivity index is 1.54. The van der Waals surface area contributed by atoms with Crippen LogP contribution in [0.3, 0.4) is 0 Å². The Hall–Kier alpha value is -1.89. The van der Waals surface area contributed by atoms with Gasteiger partial charge in [-0.3, -0.25) is 4.99 Å². The number of guanidine groups is 1. The van der Waals surface area contributed by atoms with Gasteiger partial charge in [0.05, 0.1) is 6.54 Å². The molecule has 23 heavy (non-hydrogen) atoms. The first-order valence-electron chi connectivity index (χ1n) is 8.35. The van der Waals surface area contributed by atoms with Gasteiger partial charge in [-0.25, -0.2) is 9.97 Å². The number of aliphatic imine (C=N–C) groups is 1. The summed E-state index contributed by atoms with van der Waals surface area (Å²) in [6, 6.07) is 1.84. The van der Waals surface area contributed by atoms with Crippen molar-refractivity contribution < 1.29 is 0 Å². The van der Waals surface area contributed by atoms with Gasteiger partial charge in [0.1, 0.15) is 0 Å². The average molecular weight is 317 g/mol. The number of hydrogen-bond acceptors (Lipinski definition) is 5. The molecule has 1 aliphatic carbocycles. The van der Waals surface area contributed by atoms with Gasteiger partial charge in [0.15, 0.2) is 5.96 Å². The predicted octanol–water partition coefficient (Wildman–Crippen LogP) is 0.398. The molecule has 0 spiro atoms. The number of nitrogens with zero attached hydrogens (tertiary/aromatic N) is 6. The van der Waals surface area contributed by atoms with E-state index in [9.17, 15) is 0 Å². The third-order valence-electron chi connectivity index (χ3n) is 5.21. The molecular formula is C16H27N7. The Morgan fingerprint density at radius 1 is 1.22 bits per heavy atom. The van der Waals surface area contributed by atoms with Gasteiger partial charge in [0, 0.05) is 44.1 Å². The van der Waals surface area contributed by atoms with Crippen LogP contribution in [0.1, 0.15) is 19.3 Å². The predicted molar refractivity (Wildman–Crippen MR) is 92.6 cm³/mol. The molecular weight excluding hydrogens is 290 g/mol. The van der Waals surface area contributed by atoms with Crippen molar-refractivity contribution in [2.24, 2.45) is 10.7 Å². The van der Waals surface area contributed by atoms with E-state index < -0.39 is 0 Å². The molecule has 0 unspecified atom stereocenters. The summed E-state index contributed by atoms with van der Waals surface area (Å²) in [5.41, 5.74) is 6.45. The molecule has 0 radical (unpaired) electrons. The van der Waals surface area contributed by atoms with E-state index in [1.807, 2.05) is 6.07 Å². The molecule has 0 aromatic carbocycles. The Labute approximate surface area is 138 Å². The Kier molecular flexibility index (Phi) is 4.66. The summed E-state index contributed by atoms with van der Waals surface area (Å²) in [7, 11) is 4.28. The zero-order valence-corrected chi connectivity index (χ0v) is 14.1. The zero-order chi connectivity index (χ0) is 16.3. The van der Waals surface area contributed by atoms with Crippen LogP contribution in [0.4, 0.5) is 5.95 Å². The van der Waals surface area contributed by atoms with E-state index in [1.54, 1.807) is 12.4 Å². The highest BCUT2D eigenvalue weighted by molar-refractivity contribution is 5.78. The average Bonchev–Trinajstić information content (AvgIpc) is 2.54. The maximum atomic E-state index is 6.23. The van der Waals surface area contributed by atoms with Gasteiger partial charge in [-0.2, -0.15) is 0 Å². The highest BCUT2D eigenvalue weighted by Gasteiger charge is 2.39. The molecule has 3 rings (SSSR count). The largest absolute Gasteiger partial charge is 0.370 e. The van der Waals surface area contributed by atoms with Crippen molar-refractivity contribution in [2.45, 2.75) is 24.8 Å². The van der Waals surface area contributed by atoms with Crippen LogP contribution in [0, 0.1) is 0 Å². The normalized spacial score (nSPS) is 21.4. The van der Waals surface area contributed by atoms with Crippen molar-refractivity contribution in [1.29, 1.82) is 0 Å². The van der Waals surface area contributed by atoms with Crippen molar-refractivity contribution in [3.05, 3.63) is 18.5 Å². The molecule has 1 saturated carbocycles. The monoisotopic (exact) mass is 317 g/mol. The number of anilines is 1. The van der Waals surface area contributed by atoms with Crippen molar-refractivity contribution in [1.82, 2.24) is 19.8 Å². The van der Waals surface area contributed by atoms with Gasteiger partial charge in [-0.05, 0) is 39.4 Å². The van der Waals surface area contributed by atoms with Crippen LogP contribution in [0.15, 0.2) is 23.5 Å². The number of likely N-dealkylation sites (N-methyl/N-ethyl adjacent to an activating group) is 1. The molecule has 126 valence electrons. The summed E-state index contributed by atoms with van der Waals surface area (Å²) < 4.78 is 0. The highest BCUT2D eigenvalue weighted by Crippen LogP contribution is 2.36. The van der Waals surface area contributed by atoms with E-state index in [0.29, 0.717) is 5.96 Å². The number of rotatable bonds is 4. The molecule has 7 heteroatoms. The van der Waals surface area contributed by atoms with Gasteiger partial charge in [-0.15, -0.1) is 0 Å². The molecule has 2 heterocycles. The summed E-state index contributed by atoms with van der Waals surface area (Å²) in [6.45, 7) is 4.27. The lowest BCUT2D eigenvalue weighted by Crippen LogP contribution is -2.54. The zero-order valence-electron chi connectivity index (χ0n) is 14.1. The van der Waals surface area contributed by atoms with Crippen LogP contribution in [-0.4, -0.2) is 78.1 Å². The van der Waals surface area contributed by atoms with Gasteiger partial charge < -0.3 is 20.4 Å². The van der Waals surface area contributed by atoms with Crippen molar-refractivity contribution in [2.75, 3.05) is 51.7 Å². The van der Waals surface area contributed by atoms with E-state index in [4.69, 9.17) is 5.73 Å². The van der Waals surface area contributed by atoms with Gasteiger partial charge in [-0.1, -0.05) is 0 Å². The molecule has 1 aromatic rings. The molecule has 7 nitrogen and oxygen atoms in total. The Morgan fingerprint density at radius 3 is 2.39 bits per heavy atom. The van der Waals surface area contributed by atoms with Crippen LogP contribution < -0.4 is 10.6 Å². The van der Waals surface area contributed by atoms with E-state index >= 15 is 0 Å². The molecule has 0 atom stereocenters. The van der Waals surface area contributed by atoms with Crippen molar-refractivity contribution >= 4 is 11.9 Å². The Morgan fingerprint density at radius 2 is 1.87 bits per heavy atom. The first-order chi connectivity index (χ1) is 11.1. The van der Waals surface area contributed by atoms with Gasteiger partial charge in [0.25, 0.3) is 0 Å². The van der Waals surface area contributed by atoms with Crippen molar-refractivity contribution in [3.63, 3.8) is 0 Å². The summed E-state index contributed by atoms with van der Waals surface area (Å²) in [6.07, 6.45) is 7.29. The second-order valence-corrected chi connectivity index (χ2v) is 6.67. The second kappa shape index (κ2) is 6.70. The molecule has 2 fully saturated rings. The molecule has 1 saturated heterocycles. The van der Waals surface area contributed by atoms with Gasteiger partial charge >= 0.3 is 0 Å². The lowest BCUT2D eigenvalue weighted by molar-refractivity contribution is 0.0697. The standard InChI is InChI=1S/C16H27N7/c1-21(2)16(5-3-6-16)13-20-14(17)22-9-11-23(12-10-22)15-18-7-4-8-19-15/h4,7-8H,3,5-6,9-13H2,1-2H3,(H2,17,20). The van der Waals surface area contributed by atoms with E-state index in [2.05, 4.69) is 43.8 Å². The third-order valence-corrected chi connectivity index (χ3v) is 5.21. The Bertz CT molecular complexity index is 531. The van der Waals surface area contributed by atoms with Crippen LogP contribution in [0.2, 0.25) is 0 Å². The molecule has 2 aliphatic rings. The topological polar surface area (TPSA) is 73.9 Å². The van der Waals surface area contributed by atoms with Crippen LogP contribution in [0.25, 0.3) is 0 Å². The minimum atomic E-state index is 0.227. The first kappa shape index (κ1) is 16.0. The lowest BCUT2D eigenvalue weighted by atomic mass is 9.76. The van der Waals surface area contributed by atoms with E-state index in [0.717, 1.165) is 38.7 Å². The fraction of sp³-hybridized carbons (Fsp3) is 0.688. The number of aromatic nitrogens is 2. The minimum absolute atomic E-state index is 0.227. The first-order valence-corrected chi connectivity index (χ1v) is 8.35. The summed E-state index contributed by atoms with van der Waals surface area (Å²) in [5.74, 6) is 1.47. The number of nitrogens with two attached hydrogens (primary N) is 1. The van der Waals surface area contributed by atoms with Gasteiger partial charge in [0.2, 0.25) is 5.95 Å². The molecule has 1 aliphatic heterocycles. The summed E-state index contributed by atoms with van der Waals surface area (Å²) in [5, 5.41) is 0. The molecule has 1 aromatic heterocycles. The van der Waals surface area contributed by atoms with Crippen LogP contribution in [0.5, 0.6) is 0 Å². The van der Waals surface area contributed by atoms with Crippen LogP contribution >= 0.6 is 0 Å². The molecule has 2 N–H and O–H groups in total. The maximum Gasteiger partial charge on any atom is 0.225 e. The van der Waals surface area contributed by atoms with E-state index in [1.165, 1.54) is 19.3 Å². The number of hydrogen-bond donors (Lipinski definition) is 1. The summed E-state index contributed by atoms with van der Waals surface area (Å²) >= 11 is 0. The van der Waals surface area contributed by atoms with Crippen molar-refractivity contribution in [3.8, 4) is 0 Å². The molecule has 0 amide bonds. The highest BCUT2D eigenvalue weighted by atomic mass is 15.4. The third kappa shape index (κ3) is 3.39. The minimum Gasteiger partial charge on any atom is -0.370 e. The number of piperazine rings is 1. The van der Waals surface area contributed by atoms with E-state index in [-0.39, 0.29) is 5.54 Å². The molecule has 0 bridgehead atoms.